The smallest absolute Gasteiger partial charge is 0.308 e. The maximum atomic E-state index is 11.8. The van der Waals surface area contributed by atoms with E-state index in [1.165, 1.54) is 7.11 Å². The Hall–Kier alpha value is -1.63. The van der Waals surface area contributed by atoms with Crippen molar-refractivity contribution in [3.63, 3.8) is 0 Å². The van der Waals surface area contributed by atoms with Crippen LogP contribution in [0.1, 0.15) is 13.3 Å². The highest BCUT2D eigenvalue weighted by Crippen LogP contribution is 2.10. The van der Waals surface area contributed by atoms with E-state index >= 15 is 0 Å². The summed E-state index contributed by atoms with van der Waals surface area (Å²) in [6.07, 6.45) is -0.0166. The van der Waals surface area contributed by atoms with Crippen LogP contribution >= 0.6 is 12.2 Å². The second-order valence-corrected chi connectivity index (χ2v) is 4.78. The predicted octanol–water partition coefficient (Wildman–Crippen LogP) is -0.199. The van der Waals surface area contributed by atoms with Crippen LogP contribution in [0.15, 0.2) is 12.2 Å². The molecule has 0 radical (unpaired) electrons. The van der Waals surface area contributed by atoms with Crippen molar-refractivity contribution < 1.29 is 14.3 Å². The Kier molecular flexibility index (Phi) is 5.75. The lowest BCUT2D eigenvalue weighted by Crippen LogP contribution is -2.60. The van der Waals surface area contributed by atoms with Gasteiger partial charge in [-0.25, -0.2) is 0 Å². The molecular formula is C12H19N3O3S. The summed E-state index contributed by atoms with van der Waals surface area (Å²) in [6, 6.07) is -0.619. The van der Waals surface area contributed by atoms with E-state index in [0.29, 0.717) is 24.7 Å². The fraction of sp³-hybridized carbons (Fsp3) is 0.583. The number of hydrogen-bond donors (Lipinski definition) is 2. The van der Waals surface area contributed by atoms with E-state index in [2.05, 4.69) is 21.9 Å². The lowest BCUT2D eigenvalue weighted by Gasteiger charge is -2.36. The first kappa shape index (κ1) is 15.4. The lowest BCUT2D eigenvalue weighted by molar-refractivity contribution is -0.144. The summed E-state index contributed by atoms with van der Waals surface area (Å²) < 4.78 is 4.60. The van der Waals surface area contributed by atoms with E-state index in [4.69, 9.17) is 12.2 Å². The number of carbonyl (C=O) groups is 2. The third-order valence-electron chi connectivity index (χ3n) is 2.72. The van der Waals surface area contributed by atoms with Crippen molar-refractivity contribution in [3.05, 3.63) is 12.2 Å². The van der Waals surface area contributed by atoms with Crippen molar-refractivity contribution in [2.45, 2.75) is 19.4 Å². The van der Waals surface area contributed by atoms with E-state index in [-0.39, 0.29) is 12.3 Å². The van der Waals surface area contributed by atoms with Gasteiger partial charge in [0, 0.05) is 19.6 Å². The number of methoxy groups -OCH3 is 1. The van der Waals surface area contributed by atoms with Gasteiger partial charge in [0.25, 0.3) is 0 Å². The second kappa shape index (κ2) is 7.08. The van der Waals surface area contributed by atoms with Crippen LogP contribution in [-0.4, -0.2) is 54.7 Å². The first-order chi connectivity index (χ1) is 8.95. The van der Waals surface area contributed by atoms with E-state index in [0.717, 1.165) is 5.57 Å². The lowest BCUT2D eigenvalue weighted by atomic mass is 10.1. The number of amides is 1. The molecule has 7 heteroatoms. The molecule has 0 bridgehead atoms. The molecule has 0 aliphatic carbocycles. The van der Waals surface area contributed by atoms with Gasteiger partial charge in [0.1, 0.15) is 6.04 Å². The summed E-state index contributed by atoms with van der Waals surface area (Å²) >= 11 is 5.25. The maximum Gasteiger partial charge on any atom is 0.308 e. The number of carbonyl (C=O) groups excluding carboxylic acids is 2. The molecule has 1 saturated heterocycles. The molecular weight excluding hydrogens is 266 g/mol. The SMILES string of the molecule is C=C(C)CNC(=S)N1CCNC(=O)[C@@H]1CC(=O)OC. The number of esters is 1. The van der Waals surface area contributed by atoms with E-state index < -0.39 is 12.0 Å². The predicted molar refractivity (Wildman–Crippen MR) is 75.6 cm³/mol. The van der Waals surface area contributed by atoms with E-state index in [9.17, 15) is 9.59 Å². The van der Waals surface area contributed by atoms with Crippen LogP contribution in [-0.2, 0) is 14.3 Å². The number of hydrogen-bond acceptors (Lipinski definition) is 4. The van der Waals surface area contributed by atoms with Crippen molar-refractivity contribution in [2.75, 3.05) is 26.7 Å². The molecule has 1 fully saturated rings. The zero-order valence-electron chi connectivity index (χ0n) is 11.2. The van der Waals surface area contributed by atoms with Crippen molar-refractivity contribution >= 4 is 29.2 Å². The zero-order valence-corrected chi connectivity index (χ0v) is 12.0. The van der Waals surface area contributed by atoms with Crippen LogP contribution in [0, 0.1) is 0 Å². The van der Waals surface area contributed by atoms with Crippen LogP contribution in [0.25, 0.3) is 0 Å². The van der Waals surface area contributed by atoms with Crippen molar-refractivity contribution in [1.82, 2.24) is 15.5 Å². The Morgan fingerprint density at radius 2 is 2.37 bits per heavy atom. The Bertz CT molecular complexity index is 398. The van der Waals surface area contributed by atoms with Gasteiger partial charge in [-0.2, -0.15) is 0 Å². The number of nitrogens with one attached hydrogen (secondary N) is 2. The first-order valence-corrected chi connectivity index (χ1v) is 6.40. The minimum atomic E-state index is -0.619. The Morgan fingerprint density at radius 3 is 2.95 bits per heavy atom. The monoisotopic (exact) mass is 285 g/mol. The largest absolute Gasteiger partial charge is 0.469 e. The van der Waals surface area contributed by atoms with Crippen molar-refractivity contribution in [1.29, 1.82) is 0 Å². The highest BCUT2D eigenvalue weighted by Gasteiger charge is 2.33. The van der Waals surface area contributed by atoms with Gasteiger partial charge in [0.2, 0.25) is 5.91 Å². The molecule has 1 aliphatic rings. The summed E-state index contributed by atoms with van der Waals surface area (Å²) in [4.78, 5) is 24.9. The van der Waals surface area contributed by atoms with Gasteiger partial charge >= 0.3 is 5.97 Å². The van der Waals surface area contributed by atoms with Gasteiger partial charge in [-0.05, 0) is 19.1 Å². The molecule has 19 heavy (non-hydrogen) atoms. The van der Waals surface area contributed by atoms with Gasteiger partial charge in [-0.15, -0.1) is 0 Å². The molecule has 2 N–H and O–H groups in total. The van der Waals surface area contributed by atoms with Crippen LogP contribution < -0.4 is 10.6 Å². The maximum absolute atomic E-state index is 11.8. The van der Waals surface area contributed by atoms with Gasteiger partial charge in [-0.3, -0.25) is 9.59 Å². The summed E-state index contributed by atoms with van der Waals surface area (Å²) in [6.45, 7) is 7.27. The minimum absolute atomic E-state index is 0.0166. The Labute approximate surface area is 118 Å². The molecule has 1 aliphatic heterocycles. The third-order valence-corrected chi connectivity index (χ3v) is 3.10. The molecule has 1 atom stereocenters. The summed E-state index contributed by atoms with van der Waals surface area (Å²) in [7, 11) is 1.30. The molecule has 1 heterocycles. The third kappa shape index (κ3) is 4.51. The quantitative estimate of drug-likeness (QED) is 0.423. The van der Waals surface area contributed by atoms with E-state index in [1.54, 1.807) is 4.90 Å². The molecule has 0 saturated carbocycles. The Balaban J connectivity index is 2.70. The van der Waals surface area contributed by atoms with Gasteiger partial charge in [0.05, 0.1) is 13.5 Å². The number of thiocarbonyl (C=S) groups is 1. The molecule has 0 aromatic carbocycles. The molecule has 1 amide bonds. The van der Waals surface area contributed by atoms with Crippen LogP contribution in [0.2, 0.25) is 0 Å². The Morgan fingerprint density at radius 1 is 1.68 bits per heavy atom. The summed E-state index contributed by atoms with van der Waals surface area (Å²) in [5, 5.41) is 6.19. The number of rotatable bonds is 4. The topological polar surface area (TPSA) is 70.7 Å². The van der Waals surface area contributed by atoms with Crippen molar-refractivity contribution in [3.8, 4) is 0 Å². The van der Waals surface area contributed by atoms with E-state index in [1.807, 2.05) is 6.92 Å². The molecule has 1 rings (SSSR count). The molecule has 106 valence electrons. The first-order valence-electron chi connectivity index (χ1n) is 5.99. The fourth-order valence-corrected chi connectivity index (χ4v) is 2.02. The van der Waals surface area contributed by atoms with Crippen molar-refractivity contribution in [2.24, 2.45) is 0 Å². The number of ether oxygens (including phenoxy) is 1. The highest BCUT2D eigenvalue weighted by molar-refractivity contribution is 7.80. The van der Waals surface area contributed by atoms with Gasteiger partial charge in [0.15, 0.2) is 5.11 Å². The number of nitrogens with zero attached hydrogens (tertiary/aromatic N) is 1. The second-order valence-electron chi connectivity index (χ2n) is 4.40. The molecule has 0 aromatic heterocycles. The summed E-state index contributed by atoms with van der Waals surface area (Å²) in [5.74, 6) is -0.647. The highest BCUT2D eigenvalue weighted by atomic mass is 32.1. The zero-order chi connectivity index (χ0) is 14.4. The minimum Gasteiger partial charge on any atom is -0.469 e. The van der Waals surface area contributed by atoms with Crippen LogP contribution in [0.4, 0.5) is 0 Å². The fourth-order valence-electron chi connectivity index (χ4n) is 1.73. The standard InChI is InChI=1S/C12H19N3O3S/c1-8(2)7-14-12(19)15-5-4-13-11(17)9(15)6-10(16)18-3/h9H,1,4-7H2,2-3H3,(H,13,17)(H,14,19)/t9-/m0/s1. The van der Waals surface area contributed by atoms with Crippen LogP contribution in [0.5, 0.6) is 0 Å². The average Bonchev–Trinajstić information content (AvgIpc) is 2.38. The number of piperazine rings is 1. The normalized spacial score (nSPS) is 18.5. The van der Waals surface area contributed by atoms with Gasteiger partial charge < -0.3 is 20.3 Å². The van der Waals surface area contributed by atoms with Gasteiger partial charge in [-0.1, -0.05) is 12.2 Å². The van der Waals surface area contributed by atoms with Crippen LogP contribution in [0.3, 0.4) is 0 Å². The summed E-state index contributed by atoms with van der Waals surface area (Å²) in [5.41, 5.74) is 0.938. The molecule has 6 nitrogen and oxygen atoms in total. The molecule has 0 spiro atoms. The molecule has 0 unspecified atom stereocenters. The average molecular weight is 285 g/mol. The molecule has 0 aromatic rings.